The van der Waals surface area contributed by atoms with E-state index >= 15 is 0 Å². The smallest absolute Gasteiger partial charge is 0.223 e. The molecular formula is C15H24N2O2. The first-order chi connectivity index (χ1) is 9.11. The summed E-state index contributed by atoms with van der Waals surface area (Å²) < 4.78 is 5.59. The van der Waals surface area contributed by atoms with Gasteiger partial charge in [0.25, 0.3) is 0 Å². The maximum Gasteiger partial charge on any atom is 0.223 e. The minimum Gasteiger partial charge on any atom is -0.493 e. The third-order valence-corrected chi connectivity index (χ3v) is 2.72. The van der Waals surface area contributed by atoms with E-state index in [4.69, 9.17) is 4.74 Å². The number of nitrogens with one attached hydrogen (secondary N) is 2. The summed E-state index contributed by atoms with van der Waals surface area (Å²) in [4.78, 5) is 11.5. The second-order valence-electron chi connectivity index (χ2n) is 4.73. The molecule has 0 spiro atoms. The van der Waals surface area contributed by atoms with Crippen LogP contribution in [-0.4, -0.2) is 32.7 Å². The molecule has 0 saturated heterocycles. The molecule has 1 aromatic rings. The quantitative estimate of drug-likeness (QED) is 0.704. The van der Waals surface area contributed by atoms with E-state index in [1.165, 1.54) is 11.1 Å². The van der Waals surface area contributed by atoms with Crippen LogP contribution in [0.1, 0.15) is 24.0 Å². The van der Waals surface area contributed by atoms with Crippen molar-refractivity contribution in [1.82, 2.24) is 10.6 Å². The average molecular weight is 264 g/mol. The predicted octanol–water partition coefficient (Wildman–Crippen LogP) is 1.80. The van der Waals surface area contributed by atoms with Crippen LogP contribution in [0, 0.1) is 13.8 Å². The molecule has 19 heavy (non-hydrogen) atoms. The Morgan fingerprint density at radius 2 is 1.84 bits per heavy atom. The third-order valence-electron chi connectivity index (χ3n) is 2.72. The largest absolute Gasteiger partial charge is 0.493 e. The minimum absolute atomic E-state index is 0.0421. The standard InChI is InChI=1S/C15H24N2O2/c1-12-9-13(2)11-14(10-12)19-8-5-15(18)17-7-4-6-16-3/h9-11,16H,4-8H2,1-3H3,(H,17,18). The highest BCUT2D eigenvalue weighted by atomic mass is 16.5. The number of hydrogen-bond donors (Lipinski definition) is 2. The molecule has 0 bridgehead atoms. The van der Waals surface area contributed by atoms with E-state index in [0.29, 0.717) is 19.6 Å². The number of carbonyl (C=O) groups excluding carboxylic acids is 1. The Balaban J connectivity index is 2.20. The van der Waals surface area contributed by atoms with Gasteiger partial charge < -0.3 is 15.4 Å². The molecule has 0 aliphatic carbocycles. The van der Waals surface area contributed by atoms with Gasteiger partial charge in [-0.2, -0.15) is 0 Å². The Morgan fingerprint density at radius 1 is 1.16 bits per heavy atom. The number of aryl methyl sites for hydroxylation is 2. The molecule has 0 unspecified atom stereocenters. The molecule has 4 nitrogen and oxygen atoms in total. The van der Waals surface area contributed by atoms with E-state index in [9.17, 15) is 4.79 Å². The summed E-state index contributed by atoms with van der Waals surface area (Å²) in [5.41, 5.74) is 2.35. The maximum absolute atomic E-state index is 11.5. The normalized spacial score (nSPS) is 10.3. The van der Waals surface area contributed by atoms with Crippen molar-refractivity contribution in [3.05, 3.63) is 29.3 Å². The first kappa shape index (κ1) is 15.5. The molecule has 0 fully saturated rings. The number of carbonyl (C=O) groups is 1. The number of amides is 1. The van der Waals surface area contributed by atoms with Crippen molar-refractivity contribution in [3.8, 4) is 5.75 Å². The fraction of sp³-hybridized carbons (Fsp3) is 0.533. The van der Waals surface area contributed by atoms with Crippen molar-refractivity contribution >= 4 is 5.91 Å². The van der Waals surface area contributed by atoms with Gasteiger partial charge in [0.05, 0.1) is 13.0 Å². The topological polar surface area (TPSA) is 50.4 Å². The Morgan fingerprint density at radius 3 is 2.47 bits per heavy atom. The van der Waals surface area contributed by atoms with Gasteiger partial charge in [-0.25, -0.2) is 0 Å². The Kier molecular flexibility index (Phi) is 6.97. The molecule has 4 heteroatoms. The van der Waals surface area contributed by atoms with Crippen LogP contribution in [0.2, 0.25) is 0 Å². The molecule has 1 amide bonds. The van der Waals surface area contributed by atoms with Gasteiger partial charge >= 0.3 is 0 Å². The van der Waals surface area contributed by atoms with Crippen LogP contribution in [0.3, 0.4) is 0 Å². The van der Waals surface area contributed by atoms with E-state index in [1.807, 2.05) is 33.0 Å². The Hall–Kier alpha value is -1.55. The van der Waals surface area contributed by atoms with E-state index in [1.54, 1.807) is 0 Å². The van der Waals surface area contributed by atoms with E-state index < -0.39 is 0 Å². The summed E-state index contributed by atoms with van der Waals surface area (Å²) in [6.45, 7) is 6.12. The van der Waals surface area contributed by atoms with Crippen LogP contribution in [0.5, 0.6) is 5.75 Å². The highest BCUT2D eigenvalue weighted by Gasteiger charge is 2.02. The number of benzene rings is 1. The van der Waals surface area contributed by atoms with Gasteiger partial charge in [-0.15, -0.1) is 0 Å². The zero-order valence-electron chi connectivity index (χ0n) is 12.1. The maximum atomic E-state index is 11.5. The van der Waals surface area contributed by atoms with E-state index in [0.717, 1.165) is 18.7 Å². The van der Waals surface area contributed by atoms with E-state index in [-0.39, 0.29) is 5.91 Å². The summed E-state index contributed by atoms with van der Waals surface area (Å²) in [6.07, 6.45) is 1.34. The molecule has 0 aliphatic heterocycles. The van der Waals surface area contributed by atoms with Crippen LogP contribution >= 0.6 is 0 Å². The highest BCUT2D eigenvalue weighted by Crippen LogP contribution is 2.16. The van der Waals surface area contributed by atoms with Gasteiger partial charge in [0.2, 0.25) is 5.91 Å². The lowest BCUT2D eigenvalue weighted by Crippen LogP contribution is -2.27. The second-order valence-corrected chi connectivity index (χ2v) is 4.73. The molecule has 1 rings (SSSR count). The molecular weight excluding hydrogens is 240 g/mol. The molecule has 0 heterocycles. The van der Waals surface area contributed by atoms with Crippen molar-refractivity contribution in [2.45, 2.75) is 26.7 Å². The first-order valence-corrected chi connectivity index (χ1v) is 6.74. The monoisotopic (exact) mass is 264 g/mol. The van der Waals surface area contributed by atoms with Gasteiger partial charge in [0.1, 0.15) is 5.75 Å². The van der Waals surface area contributed by atoms with Crippen LogP contribution in [0.25, 0.3) is 0 Å². The molecule has 0 atom stereocenters. The lowest BCUT2D eigenvalue weighted by molar-refractivity contribution is -0.121. The number of rotatable bonds is 8. The number of hydrogen-bond acceptors (Lipinski definition) is 3. The van der Waals surface area contributed by atoms with Crippen LogP contribution in [0.4, 0.5) is 0 Å². The summed E-state index contributed by atoms with van der Waals surface area (Å²) >= 11 is 0. The van der Waals surface area contributed by atoms with Crippen molar-refractivity contribution < 1.29 is 9.53 Å². The first-order valence-electron chi connectivity index (χ1n) is 6.74. The molecule has 106 valence electrons. The molecule has 0 saturated carbocycles. The van der Waals surface area contributed by atoms with Crippen molar-refractivity contribution in [1.29, 1.82) is 0 Å². The van der Waals surface area contributed by atoms with E-state index in [2.05, 4.69) is 16.7 Å². The van der Waals surface area contributed by atoms with Gasteiger partial charge in [0.15, 0.2) is 0 Å². The Labute approximate surface area is 115 Å². The van der Waals surface area contributed by atoms with Crippen LogP contribution < -0.4 is 15.4 Å². The minimum atomic E-state index is 0.0421. The molecule has 2 N–H and O–H groups in total. The molecule has 1 aromatic carbocycles. The van der Waals surface area contributed by atoms with Crippen LogP contribution in [0.15, 0.2) is 18.2 Å². The molecule has 0 radical (unpaired) electrons. The number of ether oxygens (including phenoxy) is 1. The van der Waals surface area contributed by atoms with Crippen LogP contribution in [-0.2, 0) is 4.79 Å². The average Bonchev–Trinajstić information content (AvgIpc) is 2.33. The molecule has 0 aromatic heterocycles. The van der Waals surface area contributed by atoms with Crippen molar-refractivity contribution in [2.24, 2.45) is 0 Å². The summed E-state index contributed by atoms with van der Waals surface area (Å²) in [5, 5.41) is 5.91. The highest BCUT2D eigenvalue weighted by molar-refractivity contribution is 5.75. The van der Waals surface area contributed by atoms with Crippen molar-refractivity contribution in [3.63, 3.8) is 0 Å². The predicted molar refractivity (Wildman–Crippen MR) is 77.6 cm³/mol. The van der Waals surface area contributed by atoms with Gasteiger partial charge in [-0.1, -0.05) is 6.07 Å². The zero-order valence-corrected chi connectivity index (χ0v) is 12.1. The van der Waals surface area contributed by atoms with Gasteiger partial charge in [0, 0.05) is 6.54 Å². The second kappa shape index (κ2) is 8.53. The SMILES string of the molecule is CNCCCNC(=O)CCOc1cc(C)cc(C)c1. The Bertz CT molecular complexity index is 385. The fourth-order valence-electron chi connectivity index (χ4n) is 1.86. The summed E-state index contributed by atoms with van der Waals surface area (Å²) in [5.74, 6) is 0.876. The van der Waals surface area contributed by atoms with Crippen molar-refractivity contribution in [2.75, 3.05) is 26.7 Å². The summed E-state index contributed by atoms with van der Waals surface area (Å²) in [7, 11) is 1.90. The zero-order chi connectivity index (χ0) is 14.1. The molecule has 0 aliphatic rings. The van der Waals surface area contributed by atoms with Gasteiger partial charge in [-0.05, 0) is 57.1 Å². The summed E-state index contributed by atoms with van der Waals surface area (Å²) in [6, 6.07) is 6.07. The lowest BCUT2D eigenvalue weighted by atomic mass is 10.1. The van der Waals surface area contributed by atoms with Gasteiger partial charge in [-0.3, -0.25) is 4.79 Å². The fourth-order valence-corrected chi connectivity index (χ4v) is 1.86. The third kappa shape index (κ3) is 6.82. The lowest BCUT2D eigenvalue weighted by Gasteiger charge is -2.08.